The number of hydrogen-bond acceptors (Lipinski definition) is 5. The summed E-state index contributed by atoms with van der Waals surface area (Å²) in [4.78, 5) is 0. The second kappa shape index (κ2) is 6.26. The maximum absolute atomic E-state index is 8.76. The van der Waals surface area contributed by atoms with Crippen LogP contribution in [0.2, 0.25) is 0 Å². The number of hydrogen-bond donors (Lipinski definition) is 2. The van der Waals surface area contributed by atoms with Crippen LogP contribution in [0.4, 0.5) is 0 Å². The Morgan fingerprint density at radius 3 is 2.94 bits per heavy atom. The van der Waals surface area contributed by atoms with Crippen LogP contribution in [0.15, 0.2) is 23.4 Å². The molecule has 0 bridgehead atoms. The predicted molar refractivity (Wildman–Crippen MR) is 66.7 cm³/mol. The summed E-state index contributed by atoms with van der Waals surface area (Å²) in [5, 5.41) is 20.6. The quantitative estimate of drug-likeness (QED) is 0.459. The monoisotopic (exact) mass is 251 g/mol. The summed E-state index contributed by atoms with van der Waals surface area (Å²) < 4.78 is 11.0. The van der Waals surface area contributed by atoms with Crippen LogP contribution in [0, 0.1) is 0 Å². The largest absolute Gasteiger partial charge is 0.493 e. The predicted octanol–water partition coefficient (Wildman–Crippen LogP) is 1.80. The number of oxime groups is 1. The van der Waals surface area contributed by atoms with Gasteiger partial charge in [0.25, 0.3) is 0 Å². The van der Waals surface area contributed by atoms with Gasteiger partial charge in [-0.2, -0.15) is 0 Å². The second-order valence-electron chi connectivity index (χ2n) is 4.13. The van der Waals surface area contributed by atoms with E-state index in [4.69, 9.17) is 19.8 Å². The summed E-state index contributed by atoms with van der Waals surface area (Å²) in [5.74, 6) is 1.44. The van der Waals surface area contributed by atoms with E-state index in [2.05, 4.69) is 5.16 Å². The van der Waals surface area contributed by atoms with Gasteiger partial charge in [0, 0.05) is 18.2 Å². The Hall–Kier alpha value is -1.75. The van der Waals surface area contributed by atoms with E-state index >= 15 is 0 Å². The third kappa shape index (κ3) is 2.92. The van der Waals surface area contributed by atoms with E-state index in [9.17, 15) is 0 Å². The van der Waals surface area contributed by atoms with Gasteiger partial charge >= 0.3 is 0 Å². The lowest BCUT2D eigenvalue weighted by atomic mass is 10.1. The molecule has 5 nitrogen and oxygen atoms in total. The third-order valence-electron chi connectivity index (χ3n) is 2.82. The first-order valence-corrected chi connectivity index (χ1v) is 6.07. The molecule has 5 heteroatoms. The number of rotatable bonds is 6. The molecule has 0 saturated heterocycles. The molecule has 1 aromatic carbocycles. The smallest absolute Gasteiger partial charge is 0.134 e. The lowest BCUT2D eigenvalue weighted by Gasteiger charge is -2.07. The summed E-state index contributed by atoms with van der Waals surface area (Å²) in [6, 6.07) is 5.48. The first kappa shape index (κ1) is 12.7. The van der Waals surface area contributed by atoms with Crippen molar-refractivity contribution in [1.82, 2.24) is 0 Å². The van der Waals surface area contributed by atoms with Gasteiger partial charge in [-0.1, -0.05) is 5.16 Å². The molecular weight excluding hydrogens is 234 g/mol. The average molecular weight is 251 g/mol. The van der Waals surface area contributed by atoms with Gasteiger partial charge in [0.1, 0.15) is 23.8 Å². The van der Waals surface area contributed by atoms with Crippen molar-refractivity contribution >= 4 is 5.71 Å². The summed E-state index contributed by atoms with van der Waals surface area (Å²) in [6.45, 7) is 1.15. The van der Waals surface area contributed by atoms with Crippen LogP contribution >= 0.6 is 0 Å². The maximum atomic E-state index is 8.76. The molecule has 0 radical (unpaired) electrons. The molecule has 1 aliphatic rings. The molecule has 0 spiro atoms. The highest BCUT2D eigenvalue weighted by Gasteiger charge is 2.20. The van der Waals surface area contributed by atoms with Crippen molar-refractivity contribution in [2.24, 2.45) is 5.16 Å². The highest BCUT2D eigenvalue weighted by Crippen LogP contribution is 2.29. The molecule has 98 valence electrons. The molecular formula is C13H17NO4. The second-order valence-corrected chi connectivity index (χ2v) is 4.13. The molecule has 0 aliphatic carbocycles. The zero-order valence-electron chi connectivity index (χ0n) is 10.1. The zero-order chi connectivity index (χ0) is 12.8. The van der Waals surface area contributed by atoms with Crippen molar-refractivity contribution in [3.05, 3.63) is 23.8 Å². The van der Waals surface area contributed by atoms with Crippen LogP contribution in [0.25, 0.3) is 0 Å². The van der Waals surface area contributed by atoms with Gasteiger partial charge in [-0.05, 0) is 31.4 Å². The van der Waals surface area contributed by atoms with Crippen LogP contribution in [0.1, 0.15) is 24.8 Å². The van der Waals surface area contributed by atoms with Gasteiger partial charge in [0.15, 0.2) is 0 Å². The van der Waals surface area contributed by atoms with Crippen LogP contribution < -0.4 is 9.47 Å². The Labute approximate surface area is 106 Å². The fourth-order valence-electron chi connectivity index (χ4n) is 1.84. The molecule has 0 amide bonds. The van der Waals surface area contributed by atoms with Gasteiger partial charge in [-0.25, -0.2) is 0 Å². The normalized spacial score (nSPS) is 15.5. The van der Waals surface area contributed by atoms with Crippen LogP contribution in [-0.2, 0) is 0 Å². The Bertz CT molecular complexity index is 431. The number of aliphatic hydroxyl groups excluding tert-OH is 1. The van der Waals surface area contributed by atoms with Gasteiger partial charge in [-0.3, -0.25) is 0 Å². The molecule has 0 fully saturated rings. The molecule has 2 rings (SSSR count). The Kier molecular flexibility index (Phi) is 4.41. The van der Waals surface area contributed by atoms with E-state index in [-0.39, 0.29) is 6.61 Å². The minimum Gasteiger partial charge on any atom is -0.493 e. The molecule has 0 atom stereocenters. The fourth-order valence-corrected chi connectivity index (χ4v) is 1.84. The van der Waals surface area contributed by atoms with E-state index < -0.39 is 0 Å². The lowest BCUT2D eigenvalue weighted by molar-refractivity contribution is 0.265. The number of nitrogens with zero attached hydrogens (tertiary/aromatic N) is 1. The lowest BCUT2D eigenvalue weighted by Crippen LogP contribution is -2.01. The maximum Gasteiger partial charge on any atom is 0.134 e. The van der Waals surface area contributed by atoms with Crippen molar-refractivity contribution in [3.63, 3.8) is 0 Å². The summed E-state index contributed by atoms with van der Waals surface area (Å²) in [6.07, 6.45) is 2.69. The van der Waals surface area contributed by atoms with Crippen molar-refractivity contribution in [2.45, 2.75) is 19.3 Å². The van der Waals surface area contributed by atoms with Gasteiger partial charge < -0.3 is 19.8 Å². The minimum absolute atomic E-state index is 0.232. The average Bonchev–Trinajstić information content (AvgIpc) is 2.80. The number of unbranched alkanes of at least 4 members (excludes halogenated alkanes) is 2. The standard InChI is InChI=1S/C13H17NO4/c15-6-2-1-3-7-17-10-4-5-11-12(14-16)9-18-13(11)8-10/h4-5,8,15-16H,1-3,6-7,9H2. The number of aliphatic hydroxyl groups is 1. The van der Waals surface area contributed by atoms with Crippen LogP contribution in [0.3, 0.4) is 0 Å². The van der Waals surface area contributed by atoms with Crippen molar-refractivity contribution in [1.29, 1.82) is 0 Å². The SMILES string of the molecule is OCCCCCOc1ccc2c(c1)OCC2=NO. The number of fused-ring (bicyclic) bond motifs is 1. The molecule has 1 heterocycles. The summed E-state index contributed by atoms with van der Waals surface area (Å²) in [7, 11) is 0. The van der Waals surface area contributed by atoms with Crippen molar-refractivity contribution < 1.29 is 19.8 Å². The van der Waals surface area contributed by atoms with E-state index in [1.807, 2.05) is 12.1 Å². The van der Waals surface area contributed by atoms with E-state index in [1.54, 1.807) is 6.07 Å². The first-order valence-electron chi connectivity index (χ1n) is 6.07. The van der Waals surface area contributed by atoms with Gasteiger partial charge in [0.05, 0.1) is 6.61 Å². The Balaban J connectivity index is 1.88. The number of ether oxygens (including phenoxy) is 2. The minimum atomic E-state index is 0.232. The molecule has 1 aliphatic heterocycles. The molecule has 0 saturated carbocycles. The van der Waals surface area contributed by atoms with Gasteiger partial charge in [-0.15, -0.1) is 0 Å². The number of benzene rings is 1. The highest BCUT2D eigenvalue weighted by atomic mass is 16.5. The third-order valence-corrected chi connectivity index (χ3v) is 2.82. The van der Waals surface area contributed by atoms with E-state index in [0.29, 0.717) is 24.7 Å². The molecule has 1 aromatic rings. The Morgan fingerprint density at radius 1 is 1.28 bits per heavy atom. The zero-order valence-corrected chi connectivity index (χ0v) is 10.1. The molecule has 2 N–H and O–H groups in total. The van der Waals surface area contributed by atoms with Crippen LogP contribution in [0.5, 0.6) is 11.5 Å². The molecule has 0 aromatic heterocycles. The Morgan fingerprint density at radius 2 is 2.17 bits per heavy atom. The van der Waals surface area contributed by atoms with Crippen LogP contribution in [-0.4, -0.2) is 35.8 Å². The molecule has 0 unspecified atom stereocenters. The van der Waals surface area contributed by atoms with E-state index in [0.717, 1.165) is 30.6 Å². The highest BCUT2D eigenvalue weighted by molar-refractivity contribution is 6.05. The topological polar surface area (TPSA) is 71.3 Å². The molecule has 18 heavy (non-hydrogen) atoms. The van der Waals surface area contributed by atoms with Crippen molar-refractivity contribution in [3.8, 4) is 11.5 Å². The van der Waals surface area contributed by atoms with E-state index in [1.165, 1.54) is 0 Å². The first-order chi connectivity index (χ1) is 8.85. The van der Waals surface area contributed by atoms with Crippen molar-refractivity contribution in [2.75, 3.05) is 19.8 Å². The summed E-state index contributed by atoms with van der Waals surface area (Å²) >= 11 is 0. The fraction of sp³-hybridized carbons (Fsp3) is 0.462. The summed E-state index contributed by atoms with van der Waals surface area (Å²) in [5.41, 5.74) is 1.35. The van der Waals surface area contributed by atoms with Gasteiger partial charge in [0.2, 0.25) is 0 Å².